The van der Waals surface area contributed by atoms with Crippen molar-refractivity contribution in [1.82, 2.24) is 25.5 Å². The lowest BCUT2D eigenvalue weighted by Gasteiger charge is -2.23. The Morgan fingerprint density at radius 2 is 1.96 bits per heavy atom. The highest BCUT2D eigenvalue weighted by atomic mass is 16.5. The van der Waals surface area contributed by atoms with Crippen LogP contribution in [0.4, 0.5) is 4.79 Å². The second-order valence-electron chi connectivity index (χ2n) is 7.49. The van der Waals surface area contributed by atoms with Gasteiger partial charge >= 0.3 is 6.03 Å². The molecular formula is C19H27N5O4. The summed E-state index contributed by atoms with van der Waals surface area (Å²) in [5.74, 6) is -0.0206. The zero-order valence-electron chi connectivity index (χ0n) is 16.7. The van der Waals surface area contributed by atoms with Gasteiger partial charge in [0.15, 0.2) is 0 Å². The molecule has 2 rings (SSSR count). The molecule has 28 heavy (non-hydrogen) atoms. The lowest BCUT2D eigenvalue weighted by atomic mass is 10.1. The Hall–Kier alpha value is -2.78. The van der Waals surface area contributed by atoms with E-state index in [9.17, 15) is 14.4 Å². The molecule has 3 amide bonds. The van der Waals surface area contributed by atoms with E-state index in [1.165, 1.54) is 0 Å². The van der Waals surface area contributed by atoms with Crippen molar-refractivity contribution in [2.75, 3.05) is 26.8 Å². The molecule has 0 saturated heterocycles. The Kier molecular flexibility index (Phi) is 7.24. The van der Waals surface area contributed by atoms with Gasteiger partial charge in [-0.05, 0) is 32.9 Å². The minimum absolute atomic E-state index is 0.0442. The number of imide groups is 1. The number of para-hydroxylation sites is 1. The molecule has 1 heterocycles. The summed E-state index contributed by atoms with van der Waals surface area (Å²) in [5.41, 5.74) is -0.0996. The van der Waals surface area contributed by atoms with Gasteiger partial charge in [-0.2, -0.15) is 0 Å². The Bertz CT molecular complexity index is 888. The maximum absolute atomic E-state index is 12.2. The van der Waals surface area contributed by atoms with Crippen LogP contribution in [-0.4, -0.2) is 59.2 Å². The van der Waals surface area contributed by atoms with E-state index in [0.717, 1.165) is 0 Å². The summed E-state index contributed by atoms with van der Waals surface area (Å²) in [5, 5.41) is 5.48. The summed E-state index contributed by atoms with van der Waals surface area (Å²) in [6.07, 6.45) is 0. The number of carbonyl (C=O) groups excluding carboxylic acids is 2. The number of benzene rings is 1. The number of H-pyrrole nitrogens is 1. The third-order valence-corrected chi connectivity index (χ3v) is 3.76. The van der Waals surface area contributed by atoms with Gasteiger partial charge < -0.3 is 15.0 Å². The van der Waals surface area contributed by atoms with E-state index < -0.39 is 17.5 Å². The SMILES string of the molecule is COCCN(CC(=O)NC(=O)NC(C)(C)C)Cc1nc2ccccc2c(=O)[nH]1. The lowest BCUT2D eigenvalue weighted by molar-refractivity contribution is -0.121. The Morgan fingerprint density at radius 1 is 1.25 bits per heavy atom. The number of aromatic amines is 1. The highest BCUT2D eigenvalue weighted by molar-refractivity contribution is 5.95. The third kappa shape index (κ3) is 6.75. The average Bonchev–Trinajstić information content (AvgIpc) is 2.57. The second kappa shape index (κ2) is 9.43. The van der Waals surface area contributed by atoms with E-state index in [4.69, 9.17) is 4.74 Å². The first kappa shape index (κ1) is 21.5. The molecule has 2 aromatic rings. The van der Waals surface area contributed by atoms with Gasteiger partial charge in [0.2, 0.25) is 5.91 Å². The standard InChI is InChI=1S/C19H27N5O4/c1-19(2,3)23-18(27)22-16(25)12-24(9-10-28-4)11-15-20-14-8-6-5-7-13(14)17(26)21-15/h5-8H,9-12H2,1-4H3,(H,20,21,26)(H2,22,23,25,27). The fourth-order valence-electron chi connectivity index (χ4n) is 2.60. The molecule has 0 aliphatic heterocycles. The smallest absolute Gasteiger partial charge is 0.321 e. The minimum atomic E-state index is -0.554. The van der Waals surface area contributed by atoms with Crippen LogP contribution in [0.5, 0.6) is 0 Å². The number of hydrogen-bond acceptors (Lipinski definition) is 6. The first-order valence-corrected chi connectivity index (χ1v) is 8.99. The van der Waals surface area contributed by atoms with Gasteiger partial charge in [0, 0.05) is 19.2 Å². The fraction of sp³-hybridized carbons (Fsp3) is 0.474. The zero-order valence-corrected chi connectivity index (χ0v) is 16.7. The Morgan fingerprint density at radius 3 is 2.64 bits per heavy atom. The van der Waals surface area contributed by atoms with Crippen LogP contribution in [0, 0.1) is 0 Å². The Balaban J connectivity index is 2.08. The number of fused-ring (bicyclic) bond motifs is 1. The highest BCUT2D eigenvalue weighted by Crippen LogP contribution is 2.07. The largest absolute Gasteiger partial charge is 0.383 e. The van der Waals surface area contributed by atoms with Crippen LogP contribution < -0.4 is 16.2 Å². The number of aromatic nitrogens is 2. The van der Waals surface area contributed by atoms with E-state index in [2.05, 4.69) is 20.6 Å². The molecule has 0 atom stereocenters. The van der Waals surface area contributed by atoms with Gasteiger partial charge in [-0.3, -0.25) is 19.8 Å². The van der Waals surface area contributed by atoms with Crippen molar-refractivity contribution in [3.05, 3.63) is 40.4 Å². The van der Waals surface area contributed by atoms with Gasteiger partial charge in [0.05, 0.1) is 30.6 Å². The summed E-state index contributed by atoms with van der Waals surface area (Å²) in [4.78, 5) is 45.3. The number of nitrogens with one attached hydrogen (secondary N) is 3. The van der Waals surface area contributed by atoms with Crippen LogP contribution in [0.25, 0.3) is 10.9 Å². The number of nitrogens with zero attached hydrogens (tertiary/aromatic N) is 2. The number of methoxy groups -OCH3 is 1. The predicted octanol–water partition coefficient (Wildman–Crippen LogP) is 0.996. The minimum Gasteiger partial charge on any atom is -0.383 e. The number of amides is 3. The van der Waals surface area contributed by atoms with Gasteiger partial charge in [-0.1, -0.05) is 12.1 Å². The molecule has 0 bridgehead atoms. The molecule has 0 fully saturated rings. The number of rotatable bonds is 7. The predicted molar refractivity (Wildman–Crippen MR) is 106 cm³/mol. The van der Waals surface area contributed by atoms with Gasteiger partial charge in [-0.25, -0.2) is 9.78 Å². The van der Waals surface area contributed by atoms with E-state index in [0.29, 0.717) is 29.9 Å². The molecule has 1 aromatic heterocycles. The fourth-order valence-corrected chi connectivity index (χ4v) is 2.60. The zero-order chi connectivity index (χ0) is 20.7. The molecule has 152 valence electrons. The number of hydrogen-bond donors (Lipinski definition) is 3. The van der Waals surface area contributed by atoms with Crippen LogP contribution in [0.2, 0.25) is 0 Å². The molecule has 9 heteroatoms. The molecule has 0 aliphatic carbocycles. The number of ether oxygens (including phenoxy) is 1. The first-order chi connectivity index (χ1) is 13.2. The van der Waals surface area contributed by atoms with Gasteiger partial charge in [-0.15, -0.1) is 0 Å². The van der Waals surface area contributed by atoms with Crippen LogP contribution in [0.15, 0.2) is 29.1 Å². The highest BCUT2D eigenvalue weighted by Gasteiger charge is 2.18. The molecule has 0 spiro atoms. The van der Waals surface area contributed by atoms with Crippen molar-refractivity contribution in [3.63, 3.8) is 0 Å². The quantitative estimate of drug-likeness (QED) is 0.650. The maximum atomic E-state index is 12.2. The van der Waals surface area contributed by atoms with Crippen molar-refractivity contribution >= 4 is 22.8 Å². The lowest BCUT2D eigenvalue weighted by Crippen LogP contribution is -2.50. The molecule has 0 aliphatic rings. The third-order valence-electron chi connectivity index (χ3n) is 3.76. The molecule has 0 saturated carbocycles. The van der Waals surface area contributed by atoms with Crippen molar-refractivity contribution < 1.29 is 14.3 Å². The topological polar surface area (TPSA) is 116 Å². The average molecular weight is 389 g/mol. The van der Waals surface area contributed by atoms with E-state index >= 15 is 0 Å². The summed E-state index contributed by atoms with van der Waals surface area (Å²) >= 11 is 0. The molecule has 9 nitrogen and oxygen atoms in total. The maximum Gasteiger partial charge on any atom is 0.321 e. The molecule has 3 N–H and O–H groups in total. The normalized spacial score (nSPS) is 11.6. The van der Waals surface area contributed by atoms with Crippen LogP contribution in [0.3, 0.4) is 0 Å². The van der Waals surface area contributed by atoms with Crippen molar-refractivity contribution in [3.8, 4) is 0 Å². The van der Waals surface area contributed by atoms with E-state index in [-0.39, 0.29) is 18.6 Å². The summed E-state index contributed by atoms with van der Waals surface area (Å²) in [6.45, 7) is 6.48. The molecule has 0 radical (unpaired) electrons. The monoisotopic (exact) mass is 389 g/mol. The number of urea groups is 1. The van der Waals surface area contributed by atoms with Crippen LogP contribution >= 0.6 is 0 Å². The van der Waals surface area contributed by atoms with Crippen LogP contribution in [0.1, 0.15) is 26.6 Å². The van der Waals surface area contributed by atoms with Crippen molar-refractivity contribution in [2.24, 2.45) is 0 Å². The summed E-state index contributed by atoms with van der Waals surface area (Å²) < 4.78 is 5.09. The van der Waals surface area contributed by atoms with Gasteiger partial charge in [0.25, 0.3) is 5.56 Å². The first-order valence-electron chi connectivity index (χ1n) is 8.99. The summed E-state index contributed by atoms with van der Waals surface area (Å²) in [6, 6.07) is 6.49. The van der Waals surface area contributed by atoms with E-state index in [1.807, 2.05) is 26.8 Å². The molecular weight excluding hydrogens is 362 g/mol. The summed E-state index contributed by atoms with van der Waals surface area (Å²) in [7, 11) is 1.56. The Labute approximate surface area is 163 Å². The molecule has 0 unspecified atom stereocenters. The number of carbonyl (C=O) groups is 2. The van der Waals surface area contributed by atoms with E-state index in [1.54, 1.807) is 30.2 Å². The van der Waals surface area contributed by atoms with Crippen LogP contribution in [-0.2, 0) is 16.1 Å². The molecule has 1 aromatic carbocycles. The van der Waals surface area contributed by atoms with Gasteiger partial charge in [0.1, 0.15) is 5.82 Å². The van der Waals surface area contributed by atoms with Crippen molar-refractivity contribution in [1.29, 1.82) is 0 Å². The van der Waals surface area contributed by atoms with Crippen molar-refractivity contribution in [2.45, 2.75) is 32.9 Å². The second-order valence-corrected chi connectivity index (χ2v) is 7.49.